The summed E-state index contributed by atoms with van der Waals surface area (Å²) in [5, 5.41) is 0. The highest BCUT2D eigenvalue weighted by Crippen LogP contribution is 2.37. The van der Waals surface area contributed by atoms with Gasteiger partial charge in [-0.25, -0.2) is 4.79 Å². The minimum Gasteiger partial charge on any atom is -0.515 e. The molecule has 15 heavy (non-hydrogen) atoms. The van der Waals surface area contributed by atoms with Crippen molar-refractivity contribution >= 4 is 14.3 Å². The van der Waals surface area contributed by atoms with Crippen LogP contribution in [-0.4, -0.2) is 14.3 Å². The van der Waals surface area contributed by atoms with Crippen LogP contribution in [0.1, 0.15) is 41.5 Å². The van der Waals surface area contributed by atoms with Crippen LogP contribution in [0.2, 0.25) is 17.1 Å². The van der Waals surface area contributed by atoms with E-state index >= 15 is 0 Å². The maximum absolute atomic E-state index is 11.6. The van der Waals surface area contributed by atoms with Crippen LogP contribution in [-0.2, 0) is 9.22 Å². The first-order valence-corrected chi connectivity index (χ1v) is 7.93. The molecule has 0 spiro atoms. The third kappa shape index (κ3) is 3.19. The van der Waals surface area contributed by atoms with Crippen molar-refractivity contribution in [2.24, 2.45) is 0 Å². The van der Waals surface area contributed by atoms with E-state index in [-0.39, 0.29) is 5.97 Å². The van der Waals surface area contributed by atoms with Crippen molar-refractivity contribution in [3.05, 3.63) is 12.2 Å². The first kappa shape index (κ1) is 14.4. The van der Waals surface area contributed by atoms with E-state index in [1.54, 1.807) is 6.92 Å². The Labute approximate surface area is 94.8 Å². The van der Waals surface area contributed by atoms with E-state index in [4.69, 9.17) is 4.43 Å². The SMILES string of the molecule is C=C(C)C(=O)O[Si](CC)(C(C)C)C(C)C. The van der Waals surface area contributed by atoms with Gasteiger partial charge in [-0.15, -0.1) is 0 Å². The van der Waals surface area contributed by atoms with E-state index in [2.05, 4.69) is 41.2 Å². The summed E-state index contributed by atoms with van der Waals surface area (Å²) in [6.45, 7) is 16.1. The minimum absolute atomic E-state index is 0.217. The Morgan fingerprint density at radius 2 is 1.67 bits per heavy atom. The lowest BCUT2D eigenvalue weighted by Gasteiger charge is -2.37. The molecule has 88 valence electrons. The lowest BCUT2D eigenvalue weighted by atomic mass is 10.4. The molecule has 0 unspecified atom stereocenters. The third-order valence-corrected chi connectivity index (χ3v) is 8.72. The fourth-order valence-electron chi connectivity index (χ4n) is 2.05. The number of hydrogen-bond donors (Lipinski definition) is 0. The molecule has 0 aromatic carbocycles. The van der Waals surface area contributed by atoms with E-state index < -0.39 is 8.32 Å². The molecule has 0 aliphatic carbocycles. The normalized spacial score (nSPS) is 12.0. The number of carbonyl (C=O) groups excluding carboxylic acids is 1. The summed E-state index contributed by atoms with van der Waals surface area (Å²) in [5.41, 5.74) is 1.40. The molecule has 0 amide bonds. The summed E-state index contributed by atoms with van der Waals surface area (Å²) in [7, 11) is -1.96. The van der Waals surface area contributed by atoms with Crippen LogP contribution in [0.3, 0.4) is 0 Å². The van der Waals surface area contributed by atoms with E-state index in [1.165, 1.54) is 0 Å². The van der Waals surface area contributed by atoms with Crippen molar-refractivity contribution in [2.45, 2.75) is 58.7 Å². The minimum atomic E-state index is -1.96. The second-order valence-electron chi connectivity index (χ2n) is 4.79. The standard InChI is InChI=1S/C12H24O2Si/c1-8-15(10(4)5,11(6)7)14-12(13)9(2)3/h10-11H,2,8H2,1,3-7H3. The molecule has 0 rings (SSSR count). The Morgan fingerprint density at radius 1 is 1.27 bits per heavy atom. The van der Waals surface area contributed by atoms with Gasteiger partial charge in [0.05, 0.1) is 0 Å². The molecule has 0 atom stereocenters. The molecule has 3 heteroatoms. The quantitative estimate of drug-likeness (QED) is 0.527. The molecule has 0 aliphatic heterocycles. The van der Waals surface area contributed by atoms with E-state index in [9.17, 15) is 4.79 Å². The Morgan fingerprint density at radius 3 is 1.87 bits per heavy atom. The van der Waals surface area contributed by atoms with Gasteiger partial charge in [0.2, 0.25) is 0 Å². The maximum Gasteiger partial charge on any atom is 0.319 e. The van der Waals surface area contributed by atoms with Crippen molar-refractivity contribution in [3.8, 4) is 0 Å². The predicted octanol–water partition coefficient (Wildman–Crippen LogP) is 3.89. The Hall–Kier alpha value is -0.573. The summed E-state index contributed by atoms with van der Waals surface area (Å²) >= 11 is 0. The van der Waals surface area contributed by atoms with Crippen molar-refractivity contribution in [1.29, 1.82) is 0 Å². The molecule has 0 heterocycles. The summed E-state index contributed by atoms with van der Waals surface area (Å²) < 4.78 is 5.77. The molecule has 0 aromatic heterocycles. The molecular weight excluding hydrogens is 204 g/mol. The van der Waals surface area contributed by atoms with E-state index in [0.717, 1.165) is 6.04 Å². The van der Waals surface area contributed by atoms with Gasteiger partial charge < -0.3 is 4.43 Å². The molecule has 0 aromatic rings. The first-order valence-electron chi connectivity index (χ1n) is 5.66. The monoisotopic (exact) mass is 228 g/mol. The second-order valence-corrected chi connectivity index (χ2v) is 9.92. The van der Waals surface area contributed by atoms with Gasteiger partial charge in [-0.3, -0.25) is 0 Å². The highest BCUT2D eigenvalue weighted by Gasteiger charge is 2.43. The van der Waals surface area contributed by atoms with Gasteiger partial charge in [-0.2, -0.15) is 0 Å². The van der Waals surface area contributed by atoms with E-state index in [0.29, 0.717) is 16.7 Å². The molecule has 0 bridgehead atoms. The predicted molar refractivity (Wildman–Crippen MR) is 67.3 cm³/mol. The molecule has 0 saturated heterocycles. The Bertz CT molecular complexity index is 236. The first-order chi connectivity index (χ1) is 6.77. The van der Waals surface area contributed by atoms with Gasteiger partial charge in [0.25, 0.3) is 8.32 Å². The van der Waals surface area contributed by atoms with Gasteiger partial charge >= 0.3 is 5.97 Å². The van der Waals surface area contributed by atoms with Gasteiger partial charge in [0, 0.05) is 5.57 Å². The molecule has 0 N–H and O–H groups in total. The Kier molecular flexibility index (Phi) is 5.28. The average molecular weight is 228 g/mol. The molecule has 2 nitrogen and oxygen atoms in total. The van der Waals surface area contributed by atoms with Crippen LogP contribution in [0.5, 0.6) is 0 Å². The van der Waals surface area contributed by atoms with Crippen molar-refractivity contribution < 1.29 is 9.22 Å². The van der Waals surface area contributed by atoms with Crippen molar-refractivity contribution in [1.82, 2.24) is 0 Å². The molecule has 0 fully saturated rings. The zero-order chi connectivity index (χ0) is 12.2. The molecule has 0 radical (unpaired) electrons. The second kappa shape index (κ2) is 5.49. The van der Waals surface area contributed by atoms with Crippen LogP contribution >= 0.6 is 0 Å². The van der Waals surface area contributed by atoms with Crippen LogP contribution in [0.4, 0.5) is 0 Å². The lowest BCUT2D eigenvalue weighted by molar-refractivity contribution is -0.131. The zero-order valence-corrected chi connectivity index (χ0v) is 11.9. The van der Waals surface area contributed by atoms with Crippen molar-refractivity contribution in [3.63, 3.8) is 0 Å². The molecule has 0 aliphatic rings. The van der Waals surface area contributed by atoms with Crippen LogP contribution in [0.15, 0.2) is 12.2 Å². The molecule has 0 saturated carbocycles. The largest absolute Gasteiger partial charge is 0.515 e. The van der Waals surface area contributed by atoms with Crippen LogP contribution in [0.25, 0.3) is 0 Å². The summed E-state index contributed by atoms with van der Waals surface area (Å²) in [6, 6.07) is 0.974. The molecular formula is C12H24O2Si. The van der Waals surface area contributed by atoms with Crippen LogP contribution < -0.4 is 0 Å². The third-order valence-electron chi connectivity index (χ3n) is 3.14. The fourth-order valence-corrected chi connectivity index (χ4v) is 6.15. The average Bonchev–Trinajstić information content (AvgIpc) is 2.12. The van der Waals surface area contributed by atoms with Crippen LogP contribution in [0, 0.1) is 0 Å². The van der Waals surface area contributed by atoms with Gasteiger partial charge in [-0.1, -0.05) is 41.2 Å². The van der Waals surface area contributed by atoms with Gasteiger partial charge in [-0.05, 0) is 24.1 Å². The highest BCUT2D eigenvalue weighted by atomic mass is 28.4. The summed E-state index contributed by atoms with van der Waals surface area (Å²) in [4.78, 5) is 11.6. The topological polar surface area (TPSA) is 26.3 Å². The zero-order valence-electron chi connectivity index (χ0n) is 10.9. The fraction of sp³-hybridized carbons (Fsp3) is 0.750. The lowest BCUT2D eigenvalue weighted by Crippen LogP contribution is -2.45. The maximum atomic E-state index is 11.6. The highest BCUT2D eigenvalue weighted by molar-refractivity contribution is 6.77. The van der Waals surface area contributed by atoms with Gasteiger partial charge in [0.15, 0.2) is 0 Å². The number of rotatable bonds is 5. The smallest absolute Gasteiger partial charge is 0.319 e. The summed E-state index contributed by atoms with van der Waals surface area (Å²) in [5.74, 6) is -0.217. The Balaban J connectivity index is 4.94. The summed E-state index contributed by atoms with van der Waals surface area (Å²) in [6.07, 6.45) is 0. The van der Waals surface area contributed by atoms with Gasteiger partial charge in [0.1, 0.15) is 0 Å². The number of carbonyl (C=O) groups is 1. The van der Waals surface area contributed by atoms with E-state index in [1.807, 2.05) is 0 Å². The number of hydrogen-bond acceptors (Lipinski definition) is 2. The van der Waals surface area contributed by atoms with Crippen molar-refractivity contribution in [2.75, 3.05) is 0 Å².